The van der Waals surface area contributed by atoms with Gasteiger partial charge in [-0.3, -0.25) is 4.79 Å². The van der Waals surface area contributed by atoms with Crippen molar-refractivity contribution in [1.29, 1.82) is 0 Å². The van der Waals surface area contributed by atoms with Gasteiger partial charge in [-0.1, -0.05) is 0 Å². The summed E-state index contributed by atoms with van der Waals surface area (Å²) in [5, 5.41) is 0. The zero-order chi connectivity index (χ0) is 9.19. The minimum absolute atomic E-state index is 0.251. The summed E-state index contributed by atoms with van der Waals surface area (Å²) in [7, 11) is 1.68. The Morgan fingerprint density at radius 2 is 2.00 bits per heavy atom. The fourth-order valence-corrected chi connectivity index (χ4v) is 1.59. The summed E-state index contributed by atoms with van der Waals surface area (Å²) in [5.74, 6) is -0.392. The maximum absolute atomic E-state index is 10.9. The van der Waals surface area contributed by atoms with Crippen LogP contribution >= 0.6 is 0 Å². The third-order valence-corrected chi connectivity index (χ3v) is 2.65. The van der Waals surface area contributed by atoms with Crippen molar-refractivity contribution in [2.75, 3.05) is 7.11 Å². The van der Waals surface area contributed by atoms with Crippen LogP contribution in [0.3, 0.4) is 0 Å². The molecule has 0 atom stereocenters. The van der Waals surface area contributed by atoms with Crippen LogP contribution in [0.2, 0.25) is 0 Å². The summed E-state index contributed by atoms with van der Waals surface area (Å²) in [4.78, 5) is 10.9. The van der Waals surface area contributed by atoms with E-state index in [0.717, 1.165) is 12.8 Å². The van der Waals surface area contributed by atoms with Crippen LogP contribution in [0.25, 0.3) is 0 Å². The largest absolute Gasteiger partial charge is 0.381 e. The number of nitrogens with two attached hydrogens (primary N) is 2. The number of carbonyl (C=O) groups is 1. The van der Waals surface area contributed by atoms with Gasteiger partial charge in [-0.15, -0.1) is 0 Å². The van der Waals surface area contributed by atoms with E-state index in [4.69, 9.17) is 16.2 Å². The monoisotopic (exact) mass is 172 g/mol. The first-order valence-corrected chi connectivity index (χ1v) is 4.20. The lowest BCUT2D eigenvalue weighted by atomic mass is 9.81. The van der Waals surface area contributed by atoms with Crippen LogP contribution in [0.4, 0.5) is 0 Å². The molecular weight excluding hydrogens is 156 g/mol. The van der Waals surface area contributed by atoms with E-state index in [1.807, 2.05) is 0 Å². The molecule has 0 aliphatic heterocycles. The molecule has 0 saturated heterocycles. The average Bonchev–Trinajstić information content (AvgIpc) is 2.06. The number of carbonyl (C=O) groups excluding carboxylic acids is 1. The molecule has 0 spiro atoms. The third kappa shape index (κ3) is 1.76. The van der Waals surface area contributed by atoms with Crippen molar-refractivity contribution in [2.45, 2.75) is 37.3 Å². The highest BCUT2D eigenvalue weighted by Gasteiger charge is 2.36. The first-order valence-electron chi connectivity index (χ1n) is 4.20. The van der Waals surface area contributed by atoms with Crippen LogP contribution in [-0.2, 0) is 9.53 Å². The first kappa shape index (κ1) is 9.48. The van der Waals surface area contributed by atoms with Crippen LogP contribution in [-0.4, -0.2) is 24.7 Å². The Balaban J connectivity index is 2.49. The predicted molar refractivity (Wildman–Crippen MR) is 45.4 cm³/mol. The maximum Gasteiger partial charge on any atom is 0.237 e. The normalized spacial score (nSPS) is 36.3. The van der Waals surface area contributed by atoms with E-state index in [0.29, 0.717) is 12.8 Å². The molecule has 1 rings (SSSR count). The van der Waals surface area contributed by atoms with E-state index in [9.17, 15) is 4.79 Å². The lowest BCUT2D eigenvalue weighted by molar-refractivity contribution is -0.125. The number of hydrogen-bond acceptors (Lipinski definition) is 3. The Labute approximate surface area is 72.2 Å². The van der Waals surface area contributed by atoms with Crippen molar-refractivity contribution >= 4 is 5.91 Å². The van der Waals surface area contributed by atoms with Crippen molar-refractivity contribution in [3.05, 3.63) is 0 Å². The standard InChI is InChI=1S/C8H16N2O2/c1-12-6-2-4-8(10,5-3-6)7(9)11/h6H,2-5,10H2,1H3,(H2,9,11). The zero-order valence-corrected chi connectivity index (χ0v) is 7.38. The minimum atomic E-state index is -0.783. The van der Waals surface area contributed by atoms with E-state index in [2.05, 4.69) is 0 Å². The van der Waals surface area contributed by atoms with Crippen LogP contribution in [0, 0.1) is 0 Å². The number of primary amides is 1. The first-order chi connectivity index (χ1) is 5.58. The molecule has 4 nitrogen and oxygen atoms in total. The van der Waals surface area contributed by atoms with E-state index in [1.165, 1.54) is 0 Å². The van der Waals surface area contributed by atoms with E-state index < -0.39 is 11.4 Å². The van der Waals surface area contributed by atoms with E-state index >= 15 is 0 Å². The highest BCUT2D eigenvalue weighted by Crippen LogP contribution is 2.27. The van der Waals surface area contributed by atoms with E-state index in [-0.39, 0.29) is 6.10 Å². The second-order valence-corrected chi connectivity index (χ2v) is 3.46. The van der Waals surface area contributed by atoms with Gasteiger partial charge < -0.3 is 16.2 Å². The van der Waals surface area contributed by atoms with Crippen LogP contribution in [0.5, 0.6) is 0 Å². The molecule has 0 bridgehead atoms. The van der Waals surface area contributed by atoms with Crippen LogP contribution < -0.4 is 11.5 Å². The summed E-state index contributed by atoms with van der Waals surface area (Å²) in [6, 6.07) is 0. The average molecular weight is 172 g/mol. The van der Waals surface area contributed by atoms with Gasteiger partial charge in [-0.25, -0.2) is 0 Å². The zero-order valence-electron chi connectivity index (χ0n) is 7.38. The molecule has 0 heterocycles. The fraction of sp³-hybridized carbons (Fsp3) is 0.875. The topological polar surface area (TPSA) is 78.3 Å². The van der Waals surface area contributed by atoms with Crippen LogP contribution in [0.1, 0.15) is 25.7 Å². The smallest absolute Gasteiger partial charge is 0.237 e. The highest BCUT2D eigenvalue weighted by atomic mass is 16.5. The van der Waals surface area contributed by atoms with Gasteiger partial charge in [0.15, 0.2) is 0 Å². The Kier molecular flexibility index (Phi) is 2.69. The predicted octanol–water partition coefficient (Wildman–Crippen LogP) is -0.242. The molecular formula is C8H16N2O2. The third-order valence-electron chi connectivity index (χ3n) is 2.65. The SMILES string of the molecule is COC1CCC(N)(C(N)=O)CC1. The summed E-state index contributed by atoms with van der Waals surface area (Å²) in [6.45, 7) is 0. The number of amides is 1. The number of hydrogen-bond donors (Lipinski definition) is 2. The maximum atomic E-state index is 10.9. The van der Waals surface area contributed by atoms with Crippen LogP contribution in [0.15, 0.2) is 0 Å². The van der Waals surface area contributed by atoms with Gasteiger partial charge in [0.25, 0.3) is 0 Å². The molecule has 0 radical (unpaired) electrons. The van der Waals surface area contributed by atoms with Gasteiger partial charge >= 0.3 is 0 Å². The molecule has 1 saturated carbocycles. The molecule has 1 amide bonds. The van der Waals surface area contributed by atoms with Gasteiger partial charge in [0.1, 0.15) is 0 Å². The highest BCUT2D eigenvalue weighted by molar-refractivity contribution is 5.84. The van der Waals surface area contributed by atoms with Crippen molar-refractivity contribution in [3.8, 4) is 0 Å². The quantitative estimate of drug-likeness (QED) is 0.603. The lowest BCUT2D eigenvalue weighted by Crippen LogP contribution is -2.54. The van der Waals surface area contributed by atoms with Crippen molar-refractivity contribution in [1.82, 2.24) is 0 Å². The summed E-state index contributed by atoms with van der Waals surface area (Å²) >= 11 is 0. The molecule has 70 valence electrons. The van der Waals surface area contributed by atoms with Crippen molar-refractivity contribution in [2.24, 2.45) is 11.5 Å². The Morgan fingerprint density at radius 1 is 1.50 bits per heavy atom. The van der Waals surface area contributed by atoms with Gasteiger partial charge in [0.2, 0.25) is 5.91 Å². The van der Waals surface area contributed by atoms with Gasteiger partial charge in [0.05, 0.1) is 11.6 Å². The molecule has 4 N–H and O–H groups in total. The molecule has 0 unspecified atom stereocenters. The van der Waals surface area contributed by atoms with Gasteiger partial charge in [-0.2, -0.15) is 0 Å². The van der Waals surface area contributed by atoms with Crippen molar-refractivity contribution < 1.29 is 9.53 Å². The van der Waals surface area contributed by atoms with Gasteiger partial charge in [0, 0.05) is 7.11 Å². The number of rotatable bonds is 2. The molecule has 12 heavy (non-hydrogen) atoms. The molecule has 1 fully saturated rings. The van der Waals surface area contributed by atoms with E-state index in [1.54, 1.807) is 7.11 Å². The summed E-state index contributed by atoms with van der Waals surface area (Å²) in [6.07, 6.45) is 3.19. The molecule has 1 aliphatic carbocycles. The second-order valence-electron chi connectivity index (χ2n) is 3.46. The lowest BCUT2D eigenvalue weighted by Gasteiger charge is -2.33. The second kappa shape index (κ2) is 3.41. The number of ether oxygens (including phenoxy) is 1. The number of methoxy groups -OCH3 is 1. The molecule has 0 aromatic rings. The molecule has 4 heteroatoms. The Morgan fingerprint density at radius 3 is 2.33 bits per heavy atom. The Bertz CT molecular complexity index is 174. The molecule has 0 aromatic carbocycles. The fourth-order valence-electron chi connectivity index (χ4n) is 1.59. The minimum Gasteiger partial charge on any atom is -0.381 e. The Hall–Kier alpha value is -0.610. The van der Waals surface area contributed by atoms with Crippen molar-refractivity contribution in [3.63, 3.8) is 0 Å². The molecule has 0 aromatic heterocycles. The summed E-state index contributed by atoms with van der Waals surface area (Å²) in [5.41, 5.74) is 10.2. The van der Waals surface area contributed by atoms with Gasteiger partial charge in [-0.05, 0) is 25.7 Å². The molecule has 1 aliphatic rings. The summed E-state index contributed by atoms with van der Waals surface area (Å²) < 4.78 is 5.16.